The van der Waals surface area contributed by atoms with Crippen molar-refractivity contribution in [3.63, 3.8) is 0 Å². The molecule has 1 heterocycles. The molecule has 0 amide bonds. The molecule has 1 aromatic carbocycles. The molecule has 0 spiro atoms. The quantitative estimate of drug-likeness (QED) is 0.853. The van der Waals surface area contributed by atoms with Crippen molar-refractivity contribution in [1.29, 1.82) is 0 Å². The molecule has 0 saturated carbocycles. The van der Waals surface area contributed by atoms with Crippen molar-refractivity contribution < 1.29 is 4.39 Å². The fourth-order valence-corrected chi connectivity index (χ4v) is 1.49. The van der Waals surface area contributed by atoms with Crippen LogP contribution in [0.4, 0.5) is 10.3 Å². The summed E-state index contributed by atoms with van der Waals surface area (Å²) in [6.07, 6.45) is 2.13. The van der Waals surface area contributed by atoms with E-state index in [-0.39, 0.29) is 5.82 Å². The third-order valence-electron chi connectivity index (χ3n) is 2.53. The van der Waals surface area contributed by atoms with Gasteiger partial charge in [0.1, 0.15) is 5.82 Å². The van der Waals surface area contributed by atoms with Crippen molar-refractivity contribution in [2.75, 3.05) is 5.32 Å². The molecule has 0 fully saturated rings. The Balaban J connectivity index is 1.86. The number of aryl methyl sites for hydroxylation is 1. The van der Waals surface area contributed by atoms with Crippen LogP contribution in [0.25, 0.3) is 0 Å². The molecular formula is C12H16FN5. The summed E-state index contributed by atoms with van der Waals surface area (Å²) in [7, 11) is 0. The number of nitrogens with one attached hydrogen (secondary N) is 1. The highest BCUT2D eigenvalue weighted by molar-refractivity contribution is 5.25. The second kappa shape index (κ2) is 6.09. The maximum Gasteiger partial charge on any atom is 0.263 e. The summed E-state index contributed by atoms with van der Waals surface area (Å²) < 4.78 is 12.7. The molecule has 0 atom stereocenters. The lowest BCUT2D eigenvalue weighted by molar-refractivity contribution is 0.496. The Morgan fingerprint density at radius 2 is 2.06 bits per heavy atom. The summed E-state index contributed by atoms with van der Waals surface area (Å²) in [5.41, 5.74) is 0.973. The average molecular weight is 249 g/mol. The number of hydrogen-bond donors (Lipinski definition) is 1. The van der Waals surface area contributed by atoms with E-state index in [4.69, 9.17) is 0 Å². The Bertz CT molecular complexity index is 479. The first-order valence-corrected chi connectivity index (χ1v) is 6.04. The van der Waals surface area contributed by atoms with Crippen LogP contribution in [0.1, 0.15) is 25.3 Å². The Morgan fingerprint density at radius 1 is 1.28 bits per heavy atom. The predicted octanol–water partition coefficient (Wildman–Crippen LogP) is 2.22. The smallest absolute Gasteiger partial charge is 0.263 e. The first kappa shape index (κ1) is 12.5. The first-order valence-electron chi connectivity index (χ1n) is 6.04. The normalized spacial score (nSPS) is 10.6. The molecular weight excluding hydrogens is 233 g/mol. The molecule has 0 aliphatic heterocycles. The Morgan fingerprint density at radius 3 is 2.78 bits per heavy atom. The van der Waals surface area contributed by atoms with Gasteiger partial charge in [-0.05, 0) is 29.3 Å². The van der Waals surface area contributed by atoms with Gasteiger partial charge in [-0.2, -0.15) is 4.80 Å². The van der Waals surface area contributed by atoms with Gasteiger partial charge in [-0.3, -0.25) is 0 Å². The Kier molecular flexibility index (Phi) is 4.22. The van der Waals surface area contributed by atoms with Gasteiger partial charge in [0.25, 0.3) is 5.95 Å². The van der Waals surface area contributed by atoms with E-state index in [2.05, 4.69) is 27.7 Å². The number of nitrogens with zero attached hydrogens (tertiary/aromatic N) is 4. The van der Waals surface area contributed by atoms with Gasteiger partial charge in [0.15, 0.2) is 0 Å². The standard InChI is InChI=1S/C12H16FN5/c1-2-3-8-18-16-12(15-17-18)14-9-10-4-6-11(13)7-5-10/h4-7H,2-3,8-9H2,1H3,(H,14,16). The van der Waals surface area contributed by atoms with Crippen LogP contribution >= 0.6 is 0 Å². The van der Waals surface area contributed by atoms with Gasteiger partial charge in [0.2, 0.25) is 0 Å². The van der Waals surface area contributed by atoms with Crippen LogP contribution in [0, 0.1) is 5.82 Å². The molecule has 1 N–H and O–H groups in total. The molecule has 0 unspecified atom stereocenters. The molecule has 0 bridgehead atoms. The van der Waals surface area contributed by atoms with E-state index in [9.17, 15) is 4.39 Å². The van der Waals surface area contributed by atoms with Gasteiger partial charge >= 0.3 is 0 Å². The number of anilines is 1. The third kappa shape index (κ3) is 3.51. The lowest BCUT2D eigenvalue weighted by atomic mass is 10.2. The zero-order valence-electron chi connectivity index (χ0n) is 10.3. The van der Waals surface area contributed by atoms with Crippen LogP contribution in [0.15, 0.2) is 24.3 Å². The highest BCUT2D eigenvalue weighted by Gasteiger charge is 2.01. The van der Waals surface area contributed by atoms with Crippen LogP contribution in [0.2, 0.25) is 0 Å². The molecule has 18 heavy (non-hydrogen) atoms. The third-order valence-corrected chi connectivity index (χ3v) is 2.53. The highest BCUT2D eigenvalue weighted by Crippen LogP contribution is 2.05. The van der Waals surface area contributed by atoms with E-state index in [1.807, 2.05) is 0 Å². The minimum Gasteiger partial charge on any atom is -0.348 e. The minimum absolute atomic E-state index is 0.234. The van der Waals surface area contributed by atoms with Gasteiger partial charge < -0.3 is 5.32 Å². The number of hydrogen-bond acceptors (Lipinski definition) is 4. The molecule has 2 aromatic rings. The van der Waals surface area contributed by atoms with Crippen molar-refractivity contribution in [2.24, 2.45) is 0 Å². The number of aromatic nitrogens is 4. The van der Waals surface area contributed by atoms with Crippen LogP contribution in [-0.4, -0.2) is 20.2 Å². The van der Waals surface area contributed by atoms with Crippen molar-refractivity contribution in [2.45, 2.75) is 32.9 Å². The van der Waals surface area contributed by atoms with E-state index >= 15 is 0 Å². The molecule has 2 rings (SSSR count). The van der Waals surface area contributed by atoms with Crippen LogP contribution < -0.4 is 5.32 Å². The maximum absolute atomic E-state index is 12.7. The van der Waals surface area contributed by atoms with Crippen LogP contribution in [0.5, 0.6) is 0 Å². The monoisotopic (exact) mass is 249 g/mol. The van der Waals surface area contributed by atoms with Gasteiger partial charge in [-0.1, -0.05) is 30.6 Å². The molecule has 0 saturated heterocycles. The summed E-state index contributed by atoms with van der Waals surface area (Å²) in [4.78, 5) is 1.58. The van der Waals surface area contributed by atoms with Gasteiger partial charge in [-0.15, -0.1) is 5.10 Å². The summed E-state index contributed by atoms with van der Waals surface area (Å²) >= 11 is 0. The number of halogens is 1. The van der Waals surface area contributed by atoms with Crippen LogP contribution in [-0.2, 0) is 13.1 Å². The summed E-state index contributed by atoms with van der Waals surface area (Å²) in [6.45, 7) is 3.45. The van der Waals surface area contributed by atoms with Crippen molar-refractivity contribution in [3.05, 3.63) is 35.6 Å². The maximum atomic E-state index is 12.7. The van der Waals surface area contributed by atoms with E-state index in [0.717, 1.165) is 24.9 Å². The second-order valence-corrected chi connectivity index (χ2v) is 4.04. The SMILES string of the molecule is CCCCn1nnc(NCc2ccc(F)cc2)n1. The van der Waals surface area contributed by atoms with E-state index in [1.165, 1.54) is 12.1 Å². The van der Waals surface area contributed by atoms with Crippen molar-refractivity contribution >= 4 is 5.95 Å². The first-order chi connectivity index (χ1) is 8.78. The largest absolute Gasteiger partial charge is 0.348 e. The summed E-state index contributed by atoms with van der Waals surface area (Å²) in [5.74, 6) is 0.262. The van der Waals surface area contributed by atoms with Crippen LogP contribution in [0.3, 0.4) is 0 Å². The summed E-state index contributed by atoms with van der Waals surface area (Å²) in [5, 5.41) is 15.1. The second-order valence-electron chi connectivity index (χ2n) is 4.04. The molecule has 6 heteroatoms. The number of rotatable bonds is 6. The minimum atomic E-state index is -0.234. The fourth-order valence-electron chi connectivity index (χ4n) is 1.49. The van der Waals surface area contributed by atoms with Gasteiger partial charge in [-0.25, -0.2) is 4.39 Å². The Labute approximate surface area is 105 Å². The van der Waals surface area contributed by atoms with E-state index in [1.54, 1.807) is 16.9 Å². The lowest BCUT2D eigenvalue weighted by Crippen LogP contribution is -2.04. The molecule has 0 radical (unpaired) electrons. The molecule has 0 aliphatic rings. The number of benzene rings is 1. The van der Waals surface area contributed by atoms with E-state index in [0.29, 0.717) is 12.5 Å². The molecule has 5 nitrogen and oxygen atoms in total. The zero-order chi connectivity index (χ0) is 12.8. The predicted molar refractivity (Wildman–Crippen MR) is 66.5 cm³/mol. The fraction of sp³-hybridized carbons (Fsp3) is 0.417. The lowest BCUT2D eigenvalue weighted by Gasteiger charge is -2.01. The summed E-state index contributed by atoms with van der Waals surface area (Å²) in [6, 6.07) is 6.32. The van der Waals surface area contributed by atoms with Crippen molar-refractivity contribution in [3.8, 4) is 0 Å². The van der Waals surface area contributed by atoms with Gasteiger partial charge in [0.05, 0.1) is 6.54 Å². The topological polar surface area (TPSA) is 55.6 Å². The van der Waals surface area contributed by atoms with E-state index < -0.39 is 0 Å². The molecule has 0 aliphatic carbocycles. The molecule has 1 aromatic heterocycles. The average Bonchev–Trinajstić information content (AvgIpc) is 2.84. The number of tetrazole rings is 1. The molecule has 96 valence electrons. The Hall–Kier alpha value is -1.98. The zero-order valence-corrected chi connectivity index (χ0v) is 10.3. The van der Waals surface area contributed by atoms with Crippen molar-refractivity contribution in [1.82, 2.24) is 20.2 Å². The number of unbranched alkanes of at least 4 members (excludes halogenated alkanes) is 1. The van der Waals surface area contributed by atoms with Gasteiger partial charge in [0, 0.05) is 6.54 Å². The highest BCUT2D eigenvalue weighted by atomic mass is 19.1.